The standard InChI is InChI=1S/C10H16N2O3/c1-12-7-2-3-8(12)5-6(4-7)11-9(13)10(14)15/h6-8H,2-5H2,1H3,(H,11,13)(H,14,15). The van der Waals surface area contributed by atoms with Gasteiger partial charge in [0.15, 0.2) is 0 Å². The van der Waals surface area contributed by atoms with Crippen molar-refractivity contribution >= 4 is 11.9 Å². The van der Waals surface area contributed by atoms with Crippen molar-refractivity contribution in [2.75, 3.05) is 7.05 Å². The second kappa shape index (κ2) is 3.81. The summed E-state index contributed by atoms with van der Waals surface area (Å²) in [6, 6.07) is 1.08. The van der Waals surface area contributed by atoms with E-state index in [1.54, 1.807) is 0 Å². The Hall–Kier alpha value is -1.10. The van der Waals surface area contributed by atoms with Crippen LogP contribution < -0.4 is 5.32 Å². The molecule has 0 spiro atoms. The zero-order chi connectivity index (χ0) is 11.0. The minimum atomic E-state index is -1.39. The number of nitrogens with one attached hydrogen (secondary N) is 1. The van der Waals surface area contributed by atoms with E-state index in [2.05, 4.69) is 17.3 Å². The molecule has 0 aromatic carbocycles. The summed E-state index contributed by atoms with van der Waals surface area (Å²) in [5, 5.41) is 11.1. The Bertz CT molecular complexity index is 278. The molecule has 0 aromatic rings. The number of carboxylic acid groups (broad SMARTS) is 1. The molecule has 0 aliphatic carbocycles. The third-order valence-electron chi connectivity index (χ3n) is 3.63. The van der Waals surface area contributed by atoms with Gasteiger partial charge in [-0.2, -0.15) is 0 Å². The van der Waals surface area contributed by atoms with Gasteiger partial charge in [0.05, 0.1) is 0 Å². The average molecular weight is 212 g/mol. The molecule has 2 unspecified atom stereocenters. The molecule has 5 nitrogen and oxygen atoms in total. The maximum Gasteiger partial charge on any atom is 0.394 e. The Labute approximate surface area is 88.4 Å². The lowest BCUT2D eigenvalue weighted by Gasteiger charge is -2.36. The smallest absolute Gasteiger partial charge is 0.394 e. The Balaban J connectivity index is 1.92. The van der Waals surface area contributed by atoms with Crippen LogP contribution in [-0.2, 0) is 9.59 Å². The van der Waals surface area contributed by atoms with Crippen molar-refractivity contribution < 1.29 is 14.7 Å². The lowest BCUT2D eigenvalue weighted by atomic mass is 9.98. The number of fused-ring (bicyclic) bond motifs is 2. The fourth-order valence-electron chi connectivity index (χ4n) is 2.78. The molecule has 0 radical (unpaired) electrons. The number of carboxylic acids is 1. The van der Waals surface area contributed by atoms with Crippen LogP contribution in [0.2, 0.25) is 0 Å². The number of aliphatic carboxylic acids is 1. The SMILES string of the molecule is CN1C2CCC1CC(NC(=O)C(=O)O)C2. The Morgan fingerprint density at radius 3 is 2.27 bits per heavy atom. The van der Waals surface area contributed by atoms with E-state index in [1.807, 2.05) is 0 Å². The zero-order valence-corrected chi connectivity index (χ0v) is 8.77. The van der Waals surface area contributed by atoms with E-state index >= 15 is 0 Å². The molecule has 15 heavy (non-hydrogen) atoms. The molecule has 0 aromatic heterocycles. The lowest BCUT2D eigenvalue weighted by Crippen LogP contribution is -2.50. The number of hydrogen-bond acceptors (Lipinski definition) is 3. The zero-order valence-electron chi connectivity index (χ0n) is 8.77. The molecule has 2 rings (SSSR count). The van der Waals surface area contributed by atoms with E-state index in [9.17, 15) is 9.59 Å². The van der Waals surface area contributed by atoms with Crippen LogP contribution in [0.1, 0.15) is 25.7 Å². The molecule has 2 aliphatic heterocycles. The van der Waals surface area contributed by atoms with Crippen LogP contribution in [0.4, 0.5) is 0 Å². The quantitative estimate of drug-likeness (QED) is 0.591. The van der Waals surface area contributed by atoms with Crippen molar-refractivity contribution in [2.45, 2.75) is 43.8 Å². The molecule has 2 aliphatic rings. The Kier molecular flexibility index (Phi) is 2.65. The number of amides is 1. The Morgan fingerprint density at radius 1 is 1.27 bits per heavy atom. The van der Waals surface area contributed by atoms with Gasteiger partial charge in [-0.1, -0.05) is 0 Å². The fraction of sp³-hybridized carbons (Fsp3) is 0.800. The van der Waals surface area contributed by atoms with Crippen LogP contribution in [0.15, 0.2) is 0 Å². The van der Waals surface area contributed by atoms with Crippen LogP contribution in [0, 0.1) is 0 Å². The van der Waals surface area contributed by atoms with E-state index in [1.165, 1.54) is 12.8 Å². The van der Waals surface area contributed by atoms with Crippen LogP contribution in [0.3, 0.4) is 0 Å². The molecular formula is C10H16N2O3. The highest BCUT2D eigenvalue weighted by Crippen LogP contribution is 2.34. The van der Waals surface area contributed by atoms with Crippen LogP contribution in [0.5, 0.6) is 0 Å². The van der Waals surface area contributed by atoms with Gasteiger partial charge >= 0.3 is 11.9 Å². The summed E-state index contributed by atoms with van der Waals surface area (Å²) in [6.45, 7) is 0. The van der Waals surface area contributed by atoms with Gasteiger partial charge in [0.1, 0.15) is 0 Å². The topological polar surface area (TPSA) is 69.6 Å². The van der Waals surface area contributed by atoms with Crippen molar-refractivity contribution in [3.8, 4) is 0 Å². The first-order chi connectivity index (χ1) is 7.08. The monoisotopic (exact) mass is 212 g/mol. The van der Waals surface area contributed by atoms with Gasteiger partial charge in [0.25, 0.3) is 0 Å². The maximum absolute atomic E-state index is 11.0. The van der Waals surface area contributed by atoms with Crippen molar-refractivity contribution in [1.29, 1.82) is 0 Å². The van der Waals surface area contributed by atoms with Gasteiger partial charge in [-0.15, -0.1) is 0 Å². The second-order valence-corrected chi connectivity index (χ2v) is 4.50. The molecule has 2 heterocycles. The molecule has 2 saturated heterocycles. The van der Waals surface area contributed by atoms with Crippen LogP contribution in [0.25, 0.3) is 0 Å². The highest BCUT2D eigenvalue weighted by Gasteiger charge is 2.39. The molecule has 2 bridgehead atoms. The van der Waals surface area contributed by atoms with Gasteiger partial charge in [0, 0.05) is 18.1 Å². The summed E-state index contributed by atoms with van der Waals surface area (Å²) in [5.41, 5.74) is 0. The largest absolute Gasteiger partial charge is 0.474 e. The highest BCUT2D eigenvalue weighted by molar-refractivity contribution is 6.31. The highest BCUT2D eigenvalue weighted by atomic mass is 16.4. The Morgan fingerprint density at radius 2 is 1.80 bits per heavy atom. The molecule has 84 valence electrons. The summed E-state index contributed by atoms with van der Waals surface area (Å²) in [6.07, 6.45) is 4.10. The summed E-state index contributed by atoms with van der Waals surface area (Å²) in [7, 11) is 2.11. The van der Waals surface area contributed by atoms with Crippen molar-refractivity contribution in [3.05, 3.63) is 0 Å². The number of carbonyl (C=O) groups excluding carboxylic acids is 1. The minimum Gasteiger partial charge on any atom is -0.474 e. The third-order valence-corrected chi connectivity index (χ3v) is 3.63. The fourth-order valence-corrected chi connectivity index (χ4v) is 2.78. The number of rotatable bonds is 1. The maximum atomic E-state index is 11.0. The third kappa shape index (κ3) is 1.97. The average Bonchev–Trinajstić information content (AvgIpc) is 2.41. The number of hydrogen-bond donors (Lipinski definition) is 2. The van der Waals surface area contributed by atoms with E-state index in [0.29, 0.717) is 12.1 Å². The predicted molar refractivity (Wildman–Crippen MR) is 53.4 cm³/mol. The van der Waals surface area contributed by atoms with E-state index in [-0.39, 0.29) is 6.04 Å². The minimum absolute atomic E-state index is 0.0438. The normalized spacial score (nSPS) is 35.1. The molecular weight excluding hydrogens is 196 g/mol. The number of carbonyl (C=O) groups is 2. The molecule has 2 atom stereocenters. The second-order valence-electron chi connectivity index (χ2n) is 4.50. The molecule has 1 amide bonds. The summed E-state index contributed by atoms with van der Waals surface area (Å²) < 4.78 is 0. The van der Waals surface area contributed by atoms with E-state index < -0.39 is 11.9 Å². The first kappa shape index (κ1) is 10.4. The van der Waals surface area contributed by atoms with Gasteiger partial charge in [-0.25, -0.2) is 4.79 Å². The lowest BCUT2D eigenvalue weighted by molar-refractivity contribution is -0.150. The molecule has 0 saturated carbocycles. The summed E-state index contributed by atoms with van der Waals surface area (Å²) >= 11 is 0. The molecule has 2 fully saturated rings. The first-order valence-electron chi connectivity index (χ1n) is 5.33. The van der Waals surface area contributed by atoms with Gasteiger partial charge in [-0.3, -0.25) is 4.79 Å². The van der Waals surface area contributed by atoms with Gasteiger partial charge in [0.2, 0.25) is 0 Å². The van der Waals surface area contributed by atoms with Gasteiger partial charge in [-0.05, 0) is 32.7 Å². The number of nitrogens with zero attached hydrogens (tertiary/aromatic N) is 1. The molecule has 5 heteroatoms. The van der Waals surface area contributed by atoms with Crippen molar-refractivity contribution in [1.82, 2.24) is 10.2 Å². The summed E-state index contributed by atoms with van der Waals surface area (Å²) in [5.74, 6) is -2.26. The van der Waals surface area contributed by atoms with E-state index in [0.717, 1.165) is 12.8 Å². The molecule has 2 N–H and O–H groups in total. The van der Waals surface area contributed by atoms with E-state index in [4.69, 9.17) is 5.11 Å². The van der Waals surface area contributed by atoms with Crippen molar-refractivity contribution in [2.24, 2.45) is 0 Å². The van der Waals surface area contributed by atoms with Crippen LogP contribution >= 0.6 is 0 Å². The predicted octanol–water partition coefficient (Wildman–Crippen LogP) is -0.188. The van der Waals surface area contributed by atoms with Crippen molar-refractivity contribution in [3.63, 3.8) is 0 Å². The van der Waals surface area contributed by atoms with Gasteiger partial charge < -0.3 is 15.3 Å². The first-order valence-corrected chi connectivity index (χ1v) is 5.33. The number of piperidine rings is 1. The summed E-state index contributed by atoms with van der Waals surface area (Å²) in [4.78, 5) is 23.7. The van der Waals surface area contributed by atoms with Crippen LogP contribution in [-0.4, -0.2) is 47.1 Å².